The van der Waals surface area contributed by atoms with Gasteiger partial charge in [-0.05, 0) is 37.7 Å². The van der Waals surface area contributed by atoms with Gasteiger partial charge in [0, 0.05) is 37.8 Å². The molecule has 1 aliphatic heterocycles. The second-order valence-corrected chi connectivity index (χ2v) is 6.50. The molecule has 0 bridgehead atoms. The van der Waals surface area contributed by atoms with Crippen LogP contribution in [0.3, 0.4) is 0 Å². The maximum Gasteiger partial charge on any atom is 0.132 e. The summed E-state index contributed by atoms with van der Waals surface area (Å²) < 4.78 is 16.1. The smallest absolute Gasteiger partial charge is 0.132 e. The summed E-state index contributed by atoms with van der Waals surface area (Å²) in [7, 11) is 2.15. The second kappa shape index (κ2) is 5.91. The fourth-order valence-corrected chi connectivity index (χ4v) is 3.39. The first kappa shape index (κ1) is 15.1. The van der Waals surface area contributed by atoms with E-state index in [1.54, 1.807) is 0 Å². The molecular formula is C19H21FN4. The molecule has 0 aliphatic carbocycles. The number of benzene rings is 1. The average Bonchev–Trinajstić information content (AvgIpc) is 3.05. The molecule has 1 aromatic carbocycles. The zero-order valence-electron chi connectivity index (χ0n) is 14.0. The minimum absolute atomic E-state index is 0.183. The molecule has 3 aromatic rings. The molecule has 124 valence electrons. The predicted molar refractivity (Wildman–Crippen MR) is 95.5 cm³/mol. The van der Waals surface area contributed by atoms with E-state index in [9.17, 15) is 4.39 Å². The third kappa shape index (κ3) is 2.55. The number of piperazine rings is 1. The Balaban J connectivity index is 1.75. The van der Waals surface area contributed by atoms with E-state index >= 15 is 0 Å². The van der Waals surface area contributed by atoms with Gasteiger partial charge in [0.15, 0.2) is 0 Å². The molecule has 4 rings (SSSR count). The number of hydrogen-bond donors (Lipinski definition) is 0. The van der Waals surface area contributed by atoms with Gasteiger partial charge in [-0.25, -0.2) is 4.39 Å². The van der Waals surface area contributed by atoms with E-state index < -0.39 is 0 Å². The molecule has 0 amide bonds. The Bertz CT molecular complexity index is 878. The number of nitrogens with zero attached hydrogens (tertiary/aromatic N) is 4. The van der Waals surface area contributed by atoms with E-state index in [0.29, 0.717) is 5.39 Å². The van der Waals surface area contributed by atoms with Crippen LogP contribution in [0.25, 0.3) is 16.6 Å². The third-order valence-electron chi connectivity index (χ3n) is 4.85. The largest absolute Gasteiger partial charge is 0.368 e. The van der Waals surface area contributed by atoms with Crippen LogP contribution in [0.1, 0.15) is 5.56 Å². The van der Waals surface area contributed by atoms with Crippen LogP contribution in [0.15, 0.2) is 42.9 Å². The fourth-order valence-electron chi connectivity index (χ4n) is 3.39. The first-order valence-electron chi connectivity index (χ1n) is 8.28. The van der Waals surface area contributed by atoms with Crippen molar-refractivity contribution in [3.63, 3.8) is 0 Å². The van der Waals surface area contributed by atoms with Crippen LogP contribution in [0.2, 0.25) is 0 Å². The fraction of sp³-hybridized carbons (Fsp3) is 0.316. The highest BCUT2D eigenvalue weighted by molar-refractivity contribution is 5.85. The molecule has 1 aliphatic rings. The number of aryl methyl sites for hydroxylation is 1. The number of likely N-dealkylation sites (N-methyl/N-ethyl adjacent to an activating group) is 1. The lowest BCUT2D eigenvalue weighted by Gasteiger charge is -2.34. The van der Waals surface area contributed by atoms with Gasteiger partial charge >= 0.3 is 0 Å². The van der Waals surface area contributed by atoms with Gasteiger partial charge in [-0.3, -0.25) is 4.98 Å². The lowest BCUT2D eigenvalue weighted by Crippen LogP contribution is -2.44. The van der Waals surface area contributed by atoms with Crippen molar-refractivity contribution in [1.29, 1.82) is 0 Å². The second-order valence-electron chi connectivity index (χ2n) is 6.50. The first-order valence-corrected chi connectivity index (χ1v) is 8.28. The minimum Gasteiger partial charge on any atom is -0.368 e. The summed E-state index contributed by atoms with van der Waals surface area (Å²) in [6.07, 6.45) is 5.67. The van der Waals surface area contributed by atoms with Crippen molar-refractivity contribution in [2.75, 3.05) is 38.1 Å². The summed E-state index contributed by atoms with van der Waals surface area (Å²) in [5, 5.41) is 0.653. The van der Waals surface area contributed by atoms with Gasteiger partial charge < -0.3 is 14.4 Å². The van der Waals surface area contributed by atoms with E-state index in [0.717, 1.165) is 48.6 Å². The van der Waals surface area contributed by atoms with Crippen LogP contribution in [0, 0.1) is 12.7 Å². The van der Waals surface area contributed by atoms with Crippen molar-refractivity contribution in [1.82, 2.24) is 14.5 Å². The van der Waals surface area contributed by atoms with Crippen molar-refractivity contribution in [3.05, 3.63) is 54.2 Å². The van der Waals surface area contributed by atoms with Crippen LogP contribution >= 0.6 is 0 Å². The summed E-state index contributed by atoms with van der Waals surface area (Å²) in [5.41, 5.74) is 4.06. The van der Waals surface area contributed by atoms with E-state index in [1.807, 2.05) is 42.2 Å². The van der Waals surface area contributed by atoms with Crippen molar-refractivity contribution in [2.45, 2.75) is 6.92 Å². The molecular weight excluding hydrogens is 303 g/mol. The van der Waals surface area contributed by atoms with Gasteiger partial charge in [0.2, 0.25) is 0 Å². The minimum atomic E-state index is -0.183. The Labute approximate surface area is 141 Å². The number of hydrogen-bond acceptors (Lipinski definition) is 3. The molecule has 0 spiro atoms. The lowest BCUT2D eigenvalue weighted by atomic mass is 10.1. The van der Waals surface area contributed by atoms with Crippen molar-refractivity contribution >= 4 is 16.6 Å². The number of pyridine rings is 1. The molecule has 1 saturated heterocycles. The monoisotopic (exact) mass is 324 g/mol. The summed E-state index contributed by atoms with van der Waals surface area (Å²) >= 11 is 0. The Kier molecular flexibility index (Phi) is 3.73. The van der Waals surface area contributed by atoms with Crippen LogP contribution < -0.4 is 4.90 Å². The maximum absolute atomic E-state index is 14.1. The highest BCUT2D eigenvalue weighted by Gasteiger charge is 2.16. The lowest BCUT2D eigenvalue weighted by molar-refractivity contribution is 0.313. The van der Waals surface area contributed by atoms with Gasteiger partial charge in [0.05, 0.1) is 29.3 Å². The van der Waals surface area contributed by atoms with Crippen LogP contribution in [-0.4, -0.2) is 47.7 Å². The highest BCUT2D eigenvalue weighted by atomic mass is 19.1. The van der Waals surface area contributed by atoms with Gasteiger partial charge in [-0.1, -0.05) is 6.07 Å². The first-order chi connectivity index (χ1) is 11.6. The van der Waals surface area contributed by atoms with E-state index in [2.05, 4.69) is 27.9 Å². The molecule has 5 heteroatoms. The summed E-state index contributed by atoms with van der Waals surface area (Å²) in [4.78, 5) is 9.11. The normalized spacial score (nSPS) is 16.0. The van der Waals surface area contributed by atoms with Crippen LogP contribution in [0.5, 0.6) is 0 Å². The Hall–Kier alpha value is -2.40. The molecule has 24 heavy (non-hydrogen) atoms. The number of fused-ring (bicyclic) bond motifs is 1. The van der Waals surface area contributed by atoms with Gasteiger partial charge in [-0.15, -0.1) is 0 Å². The molecule has 3 heterocycles. The molecule has 0 radical (unpaired) electrons. The highest BCUT2D eigenvalue weighted by Crippen LogP contribution is 2.27. The summed E-state index contributed by atoms with van der Waals surface area (Å²) in [6, 6.07) is 7.33. The molecule has 0 saturated carbocycles. The standard InChI is InChI=1S/C19H21FN4/c1-14-3-4-18(20)17-5-6-24(19(14)17)16-11-15(12-21-13-16)23-9-7-22(2)8-10-23/h3-6,11-13H,7-10H2,1-2H3. The molecule has 2 aromatic heterocycles. The number of rotatable bonds is 2. The van der Waals surface area contributed by atoms with Gasteiger partial charge in [0.25, 0.3) is 0 Å². The van der Waals surface area contributed by atoms with Crippen LogP contribution in [-0.2, 0) is 0 Å². The molecule has 1 fully saturated rings. The van der Waals surface area contributed by atoms with Gasteiger partial charge in [-0.2, -0.15) is 0 Å². The molecule has 0 atom stereocenters. The van der Waals surface area contributed by atoms with E-state index in [-0.39, 0.29) is 5.82 Å². The van der Waals surface area contributed by atoms with Crippen molar-refractivity contribution in [3.8, 4) is 5.69 Å². The topological polar surface area (TPSA) is 24.3 Å². The quantitative estimate of drug-likeness (QED) is 0.723. The third-order valence-corrected chi connectivity index (χ3v) is 4.85. The predicted octanol–water partition coefficient (Wildman–Crippen LogP) is 3.22. The zero-order valence-corrected chi connectivity index (χ0v) is 14.0. The summed E-state index contributed by atoms with van der Waals surface area (Å²) in [6.45, 7) is 6.13. The Morgan fingerprint density at radius 3 is 2.54 bits per heavy atom. The zero-order chi connectivity index (χ0) is 16.7. The molecule has 0 unspecified atom stereocenters. The average molecular weight is 324 g/mol. The van der Waals surface area contributed by atoms with E-state index in [4.69, 9.17) is 0 Å². The Morgan fingerprint density at radius 1 is 1.00 bits per heavy atom. The van der Waals surface area contributed by atoms with E-state index in [1.165, 1.54) is 6.07 Å². The summed E-state index contributed by atoms with van der Waals surface area (Å²) in [5.74, 6) is -0.183. The van der Waals surface area contributed by atoms with Gasteiger partial charge in [0.1, 0.15) is 5.82 Å². The number of halogens is 1. The molecule has 0 N–H and O–H groups in total. The van der Waals surface area contributed by atoms with Crippen molar-refractivity contribution in [2.24, 2.45) is 0 Å². The van der Waals surface area contributed by atoms with Crippen LogP contribution in [0.4, 0.5) is 10.1 Å². The number of aromatic nitrogens is 2. The SMILES string of the molecule is Cc1ccc(F)c2ccn(-c3cncc(N4CCN(C)CC4)c3)c12. The number of anilines is 1. The molecule has 4 nitrogen and oxygen atoms in total. The Morgan fingerprint density at radius 2 is 1.75 bits per heavy atom. The maximum atomic E-state index is 14.1. The van der Waals surface area contributed by atoms with Crippen molar-refractivity contribution < 1.29 is 4.39 Å².